The zero-order chi connectivity index (χ0) is 16.5. The molecule has 0 atom stereocenters. The molecule has 23 heavy (non-hydrogen) atoms. The number of benzene rings is 1. The molecule has 0 radical (unpaired) electrons. The van der Waals surface area contributed by atoms with Crippen molar-refractivity contribution in [3.63, 3.8) is 0 Å². The molecule has 0 aliphatic carbocycles. The lowest BCUT2D eigenvalue weighted by molar-refractivity contribution is -0.141. The Bertz CT molecular complexity index is 458. The first-order chi connectivity index (χ1) is 11.2. The first-order valence-corrected chi connectivity index (χ1v) is 9.17. The number of rotatable bonds is 8. The third kappa shape index (κ3) is 4.35. The number of carbonyl (C=O) groups is 1. The average molecular weight is 317 g/mol. The van der Waals surface area contributed by atoms with Gasteiger partial charge in [0, 0.05) is 26.3 Å². The van der Waals surface area contributed by atoms with Crippen LogP contribution in [0, 0.1) is 0 Å². The standard InChI is InChI=1S/C20H31NO2/c1-3-5-14-21(15-6-4-2)19(22)20(12-16-23-17-13-20)18-10-8-7-9-11-18/h7-11H,3-6,12-17H2,1-2H3. The second kappa shape index (κ2) is 9.07. The molecule has 0 spiro atoms. The zero-order valence-electron chi connectivity index (χ0n) is 14.7. The van der Waals surface area contributed by atoms with Gasteiger partial charge in [0.15, 0.2) is 0 Å². The summed E-state index contributed by atoms with van der Waals surface area (Å²) in [7, 11) is 0. The monoisotopic (exact) mass is 317 g/mol. The fraction of sp³-hybridized carbons (Fsp3) is 0.650. The highest BCUT2D eigenvalue weighted by Crippen LogP contribution is 2.37. The molecular formula is C20H31NO2. The Labute approximate surface area is 141 Å². The summed E-state index contributed by atoms with van der Waals surface area (Å²) >= 11 is 0. The molecule has 3 nitrogen and oxygen atoms in total. The molecule has 1 aromatic carbocycles. The van der Waals surface area contributed by atoms with Crippen LogP contribution in [-0.4, -0.2) is 37.1 Å². The summed E-state index contributed by atoms with van der Waals surface area (Å²) in [5.74, 6) is 0.314. The second-order valence-corrected chi connectivity index (χ2v) is 6.56. The van der Waals surface area contributed by atoms with E-state index in [1.165, 1.54) is 0 Å². The minimum absolute atomic E-state index is 0.314. The maximum Gasteiger partial charge on any atom is 0.233 e. The van der Waals surface area contributed by atoms with E-state index in [0.29, 0.717) is 19.1 Å². The number of hydrogen-bond donors (Lipinski definition) is 0. The highest BCUT2D eigenvalue weighted by Gasteiger charge is 2.43. The maximum absolute atomic E-state index is 13.5. The fourth-order valence-corrected chi connectivity index (χ4v) is 3.42. The number of unbranched alkanes of at least 4 members (excludes halogenated alkanes) is 2. The number of amides is 1. The van der Waals surface area contributed by atoms with Gasteiger partial charge in [0.2, 0.25) is 5.91 Å². The lowest BCUT2D eigenvalue weighted by Crippen LogP contribution is -2.50. The van der Waals surface area contributed by atoms with Gasteiger partial charge in [-0.3, -0.25) is 4.79 Å². The normalized spacial score (nSPS) is 17.0. The van der Waals surface area contributed by atoms with Crippen LogP contribution in [0.15, 0.2) is 30.3 Å². The Morgan fingerprint density at radius 3 is 2.13 bits per heavy atom. The Balaban J connectivity index is 2.27. The van der Waals surface area contributed by atoms with Gasteiger partial charge in [0.25, 0.3) is 0 Å². The molecule has 1 amide bonds. The Morgan fingerprint density at radius 2 is 1.61 bits per heavy atom. The number of hydrogen-bond acceptors (Lipinski definition) is 2. The smallest absolute Gasteiger partial charge is 0.233 e. The van der Waals surface area contributed by atoms with E-state index >= 15 is 0 Å². The summed E-state index contributed by atoms with van der Waals surface area (Å²) in [5, 5.41) is 0. The van der Waals surface area contributed by atoms with Crippen LogP contribution in [0.25, 0.3) is 0 Å². The van der Waals surface area contributed by atoms with Crippen molar-refractivity contribution in [2.45, 2.75) is 57.8 Å². The van der Waals surface area contributed by atoms with E-state index in [9.17, 15) is 4.79 Å². The van der Waals surface area contributed by atoms with Crippen molar-refractivity contribution in [3.05, 3.63) is 35.9 Å². The SMILES string of the molecule is CCCCN(CCCC)C(=O)C1(c2ccccc2)CCOCC1. The van der Waals surface area contributed by atoms with Gasteiger partial charge in [0.05, 0.1) is 5.41 Å². The van der Waals surface area contributed by atoms with Crippen LogP contribution in [0.5, 0.6) is 0 Å². The zero-order valence-corrected chi connectivity index (χ0v) is 14.7. The topological polar surface area (TPSA) is 29.5 Å². The molecule has 0 bridgehead atoms. The number of nitrogens with zero attached hydrogens (tertiary/aromatic N) is 1. The van der Waals surface area contributed by atoms with Crippen LogP contribution in [0.2, 0.25) is 0 Å². The molecule has 1 heterocycles. The van der Waals surface area contributed by atoms with Gasteiger partial charge in [-0.1, -0.05) is 57.0 Å². The van der Waals surface area contributed by atoms with Crippen molar-refractivity contribution in [2.75, 3.05) is 26.3 Å². The summed E-state index contributed by atoms with van der Waals surface area (Å²) in [6, 6.07) is 10.3. The van der Waals surface area contributed by atoms with Gasteiger partial charge in [-0.25, -0.2) is 0 Å². The highest BCUT2D eigenvalue weighted by molar-refractivity contribution is 5.88. The van der Waals surface area contributed by atoms with Crippen molar-refractivity contribution in [1.29, 1.82) is 0 Å². The predicted octanol–water partition coefficient (Wildman–Crippen LogP) is 4.16. The Morgan fingerprint density at radius 1 is 1.04 bits per heavy atom. The molecule has 1 aliphatic rings. The molecule has 128 valence electrons. The summed E-state index contributed by atoms with van der Waals surface area (Å²) in [5.41, 5.74) is 0.771. The van der Waals surface area contributed by atoms with Gasteiger partial charge < -0.3 is 9.64 Å². The Kier molecular flexibility index (Phi) is 7.10. The lowest BCUT2D eigenvalue weighted by atomic mass is 9.73. The van der Waals surface area contributed by atoms with Crippen LogP contribution in [0.1, 0.15) is 57.9 Å². The van der Waals surface area contributed by atoms with Gasteiger partial charge in [0.1, 0.15) is 0 Å². The Hall–Kier alpha value is -1.35. The number of ether oxygens (including phenoxy) is 1. The third-order valence-electron chi connectivity index (χ3n) is 4.93. The van der Waals surface area contributed by atoms with E-state index in [2.05, 4.69) is 30.9 Å². The van der Waals surface area contributed by atoms with E-state index in [0.717, 1.165) is 57.2 Å². The number of carbonyl (C=O) groups excluding carboxylic acids is 1. The molecule has 3 heteroatoms. The van der Waals surface area contributed by atoms with Crippen molar-refractivity contribution in [2.24, 2.45) is 0 Å². The molecule has 1 saturated heterocycles. The molecule has 0 unspecified atom stereocenters. The van der Waals surface area contributed by atoms with Crippen LogP contribution in [0.3, 0.4) is 0 Å². The second-order valence-electron chi connectivity index (χ2n) is 6.56. The van der Waals surface area contributed by atoms with Crippen molar-refractivity contribution in [3.8, 4) is 0 Å². The largest absolute Gasteiger partial charge is 0.381 e. The van der Waals surface area contributed by atoms with E-state index < -0.39 is 0 Å². The average Bonchev–Trinajstić information content (AvgIpc) is 2.62. The molecule has 2 rings (SSSR count). The lowest BCUT2D eigenvalue weighted by Gasteiger charge is -2.40. The van der Waals surface area contributed by atoms with Crippen molar-refractivity contribution in [1.82, 2.24) is 4.90 Å². The molecular weight excluding hydrogens is 286 g/mol. The van der Waals surface area contributed by atoms with Crippen LogP contribution in [0.4, 0.5) is 0 Å². The van der Waals surface area contributed by atoms with E-state index in [1.807, 2.05) is 18.2 Å². The fourth-order valence-electron chi connectivity index (χ4n) is 3.42. The quantitative estimate of drug-likeness (QED) is 0.720. The van der Waals surface area contributed by atoms with Crippen LogP contribution >= 0.6 is 0 Å². The molecule has 1 aromatic rings. The first kappa shape index (κ1) is 18.0. The van der Waals surface area contributed by atoms with E-state index in [1.54, 1.807) is 0 Å². The maximum atomic E-state index is 13.5. The molecule has 1 aliphatic heterocycles. The summed E-state index contributed by atoms with van der Waals surface area (Å²) in [6.45, 7) is 7.48. The molecule has 0 saturated carbocycles. The van der Waals surface area contributed by atoms with E-state index in [4.69, 9.17) is 4.74 Å². The third-order valence-corrected chi connectivity index (χ3v) is 4.93. The summed E-state index contributed by atoms with van der Waals surface area (Å²) in [4.78, 5) is 15.6. The summed E-state index contributed by atoms with van der Waals surface area (Å²) in [6.07, 6.45) is 6.00. The predicted molar refractivity (Wildman–Crippen MR) is 94.6 cm³/mol. The first-order valence-electron chi connectivity index (χ1n) is 9.17. The van der Waals surface area contributed by atoms with Gasteiger partial charge in [-0.05, 0) is 31.2 Å². The molecule has 0 N–H and O–H groups in total. The van der Waals surface area contributed by atoms with Crippen LogP contribution in [-0.2, 0) is 14.9 Å². The summed E-state index contributed by atoms with van der Waals surface area (Å²) < 4.78 is 5.57. The minimum atomic E-state index is -0.388. The minimum Gasteiger partial charge on any atom is -0.381 e. The van der Waals surface area contributed by atoms with Crippen LogP contribution < -0.4 is 0 Å². The van der Waals surface area contributed by atoms with Gasteiger partial charge in [-0.15, -0.1) is 0 Å². The van der Waals surface area contributed by atoms with Gasteiger partial charge in [-0.2, -0.15) is 0 Å². The molecule has 1 fully saturated rings. The van der Waals surface area contributed by atoms with E-state index in [-0.39, 0.29) is 5.41 Å². The molecule has 0 aromatic heterocycles. The highest BCUT2D eigenvalue weighted by atomic mass is 16.5. The van der Waals surface area contributed by atoms with Gasteiger partial charge >= 0.3 is 0 Å². The van der Waals surface area contributed by atoms with Crippen molar-refractivity contribution < 1.29 is 9.53 Å². The van der Waals surface area contributed by atoms with Crippen molar-refractivity contribution >= 4 is 5.91 Å².